The zero-order valence-electron chi connectivity index (χ0n) is 19.6. The van der Waals surface area contributed by atoms with Crippen molar-refractivity contribution in [3.63, 3.8) is 0 Å². The summed E-state index contributed by atoms with van der Waals surface area (Å²) in [6.45, 7) is 12.0. The van der Waals surface area contributed by atoms with Crippen molar-refractivity contribution in [1.29, 1.82) is 0 Å². The Morgan fingerprint density at radius 2 is 2.10 bits per heavy atom. The highest BCUT2D eigenvalue weighted by Gasteiger charge is 2.31. The standard InChI is InChI=1S/C24H34N4O2S/c1-23(2,3)15-27(6)21(29)20-14-28-19-12-17(8-9-18(19)25-22(28)31-20)13-26(5)16-24(4)10-7-11-30-24/h8-9,12,14H,7,10-11,13,15-16H2,1-6H3/t24-/m1/s1. The number of aromatic nitrogens is 2. The van der Waals surface area contributed by atoms with Gasteiger partial charge in [-0.1, -0.05) is 38.2 Å². The van der Waals surface area contributed by atoms with Gasteiger partial charge in [-0.2, -0.15) is 0 Å². The Morgan fingerprint density at radius 1 is 1.32 bits per heavy atom. The summed E-state index contributed by atoms with van der Waals surface area (Å²) >= 11 is 1.46. The summed E-state index contributed by atoms with van der Waals surface area (Å²) in [6.07, 6.45) is 4.21. The quantitative estimate of drug-likeness (QED) is 0.557. The monoisotopic (exact) mass is 442 g/mol. The van der Waals surface area contributed by atoms with Crippen molar-refractivity contribution in [1.82, 2.24) is 19.2 Å². The van der Waals surface area contributed by atoms with E-state index in [9.17, 15) is 4.79 Å². The smallest absolute Gasteiger partial charge is 0.265 e. The summed E-state index contributed by atoms with van der Waals surface area (Å²) in [5.74, 6) is 0.0549. The second-order valence-electron chi connectivity index (χ2n) is 10.5. The minimum Gasteiger partial charge on any atom is -0.374 e. The van der Waals surface area contributed by atoms with Gasteiger partial charge in [0, 0.05) is 39.5 Å². The van der Waals surface area contributed by atoms with Crippen molar-refractivity contribution in [2.75, 3.05) is 33.8 Å². The van der Waals surface area contributed by atoms with Crippen LogP contribution in [0.2, 0.25) is 0 Å². The fourth-order valence-electron chi connectivity index (χ4n) is 4.62. The Balaban J connectivity index is 1.54. The van der Waals surface area contributed by atoms with Gasteiger partial charge in [0.05, 0.1) is 16.6 Å². The van der Waals surface area contributed by atoms with Crippen LogP contribution in [0.15, 0.2) is 24.4 Å². The van der Waals surface area contributed by atoms with Crippen LogP contribution in [0, 0.1) is 5.41 Å². The van der Waals surface area contributed by atoms with Crippen LogP contribution in [0.5, 0.6) is 0 Å². The molecule has 0 saturated carbocycles. The van der Waals surface area contributed by atoms with Crippen LogP contribution in [-0.2, 0) is 11.3 Å². The van der Waals surface area contributed by atoms with E-state index in [2.05, 4.69) is 62.2 Å². The van der Waals surface area contributed by atoms with Crippen LogP contribution in [0.3, 0.4) is 0 Å². The molecule has 168 valence electrons. The van der Waals surface area contributed by atoms with Crippen molar-refractivity contribution < 1.29 is 9.53 Å². The molecule has 3 aromatic rings. The van der Waals surface area contributed by atoms with Gasteiger partial charge in [0.25, 0.3) is 5.91 Å². The summed E-state index contributed by atoms with van der Waals surface area (Å²) in [5.41, 5.74) is 3.28. The van der Waals surface area contributed by atoms with Gasteiger partial charge in [0.15, 0.2) is 4.96 Å². The zero-order chi connectivity index (χ0) is 22.4. The van der Waals surface area contributed by atoms with Crippen molar-refractivity contribution in [3.8, 4) is 0 Å². The maximum Gasteiger partial charge on any atom is 0.265 e. The molecule has 2 aromatic heterocycles. The maximum atomic E-state index is 12.9. The Kier molecular flexibility index (Phi) is 5.87. The summed E-state index contributed by atoms with van der Waals surface area (Å²) in [6, 6.07) is 6.43. The molecule has 1 saturated heterocycles. The number of carbonyl (C=O) groups excluding carboxylic acids is 1. The molecule has 3 heterocycles. The van der Waals surface area contributed by atoms with E-state index in [1.165, 1.54) is 16.9 Å². The minimum atomic E-state index is -0.0373. The molecule has 7 heteroatoms. The molecule has 0 radical (unpaired) electrons. The highest BCUT2D eigenvalue weighted by atomic mass is 32.1. The molecule has 6 nitrogen and oxygen atoms in total. The normalized spacial score (nSPS) is 19.7. The highest BCUT2D eigenvalue weighted by Crippen LogP contribution is 2.28. The van der Waals surface area contributed by atoms with Gasteiger partial charge in [-0.15, -0.1) is 0 Å². The molecule has 0 unspecified atom stereocenters. The lowest BCUT2D eigenvalue weighted by Gasteiger charge is -2.29. The van der Waals surface area contributed by atoms with Gasteiger partial charge < -0.3 is 9.64 Å². The molecule has 31 heavy (non-hydrogen) atoms. The van der Waals surface area contributed by atoms with Gasteiger partial charge in [-0.3, -0.25) is 14.1 Å². The average Bonchev–Trinajstić information content (AvgIpc) is 3.34. The van der Waals surface area contributed by atoms with Gasteiger partial charge >= 0.3 is 0 Å². The van der Waals surface area contributed by atoms with Gasteiger partial charge in [0.1, 0.15) is 4.88 Å². The number of fused-ring (bicyclic) bond motifs is 3. The molecular weight excluding hydrogens is 408 g/mol. The molecule has 4 rings (SSSR count). The molecular formula is C24H34N4O2S. The predicted octanol–water partition coefficient (Wildman–Crippen LogP) is 4.67. The number of ether oxygens (including phenoxy) is 1. The molecule has 1 atom stereocenters. The minimum absolute atomic E-state index is 0.0373. The van der Waals surface area contributed by atoms with Crippen molar-refractivity contribution in [2.24, 2.45) is 5.41 Å². The largest absolute Gasteiger partial charge is 0.374 e. The van der Waals surface area contributed by atoms with Crippen LogP contribution in [0.4, 0.5) is 0 Å². The summed E-state index contributed by atoms with van der Waals surface area (Å²) in [7, 11) is 4.02. The Labute approximate surface area is 188 Å². The van der Waals surface area contributed by atoms with Gasteiger partial charge in [0.2, 0.25) is 0 Å². The number of nitrogens with zero attached hydrogens (tertiary/aromatic N) is 4. The lowest BCUT2D eigenvalue weighted by molar-refractivity contribution is -0.00496. The molecule has 0 N–H and O–H groups in total. The van der Waals surface area contributed by atoms with Crippen molar-refractivity contribution >= 4 is 33.2 Å². The van der Waals surface area contributed by atoms with Crippen LogP contribution in [0.25, 0.3) is 16.0 Å². The van der Waals surface area contributed by atoms with Crippen LogP contribution < -0.4 is 0 Å². The first kappa shape index (κ1) is 22.2. The van der Waals surface area contributed by atoms with Crippen LogP contribution >= 0.6 is 11.3 Å². The van der Waals surface area contributed by atoms with E-state index in [0.29, 0.717) is 6.54 Å². The molecule has 1 aromatic carbocycles. The lowest BCUT2D eigenvalue weighted by atomic mass is 9.96. The fraction of sp³-hybridized carbons (Fsp3) is 0.583. The van der Waals surface area contributed by atoms with Gasteiger partial charge in [-0.05, 0) is 49.9 Å². The number of amides is 1. The number of carbonyl (C=O) groups is 1. The number of benzene rings is 1. The average molecular weight is 443 g/mol. The third kappa shape index (κ3) is 4.94. The molecule has 1 aliphatic rings. The van der Waals surface area contributed by atoms with E-state index in [0.717, 1.165) is 53.4 Å². The summed E-state index contributed by atoms with van der Waals surface area (Å²) in [4.78, 5) is 23.4. The molecule has 1 fully saturated rings. The predicted molar refractivity (Wildman–Crippen MR) is 127 cm³/mol. The molecule has 1 amide bonds. The number of rotatable bonds is 6. The molecule has 1 aliphatic heterocycles. The van der Waals surface area contributed by atoms with Crippen molar-refractivity contribution in [3.05, 3.63) is 34.8 Å². The molecule has 0 bridgehead atoms. The first-order valence-corrected chi connectivity index (χ1v) is 11.8. The summed E-state index contributed by atoms with van der Waals surface area (Å²) in [5, 5.41) is 0. The van der Waals surface area contributed by atoms with Crippen LogP contribution in [0.1, 0.15) is 55.8 Å². The number of thiazole rings is 1. The summed E-state index contributed by atoms with van der Waals surface area (Å²) < 4.78 is 8.01. The lowest BCUT2D eigenvalue weighted by Crippen LogP contribution is -2.38. The Hall–Kier alpha value is -1.96. The van der Waals surface area contributed by atoms with Crippen molar-refractivity contribution in [2.45, 2.75) is 52.7 Å². The fourth-order valence-corrected chi connectivity index (χ4v) is 5.62. The second kappa shape index (κ2) is 8.19. The second-order valence-corrected chi connectivity index (χ2v) is 11.5. The van der Waals surface area contributed by atoms with E-state index in [1.54, 1.807) is 4.90 Å². The SMILES string of the molecule is CN(Cc1ccc2nc3sc(C(=O)N(C)CC(C)(C)C)cn3c2c1)C[C@@]1(C)CCCO1. The number of hydrogen-bond donors (Lipinski definition) is 0. The Bertz CT molecular complexity index is 1090. The number of imidazole rings is 1. The number of hydrogen-bond acceptors (Lipinski definition) is 5. The third-order valence-corrected chi connectivity index (χ3v) is 6.77. The first-order valence-electron chi connectivity index (χ1n) is 11.0. The highest BCUT2D eigenvalue weighted by molar-refractivity contribution is 7.18. The molecule has 0 aliphatic carbocycles. The first-order chi connectivity index (χ1) is 14.5. The van der Waals surface area contributed by atoms with Crippen LogP contribution in [-0.4, -0.2) is 64.5 Å². The van der Waals surface area contributed by atoms with E-state index < -0.39 is 0 Å². The zero-order valence-corrected chi connectivity index (χ0v) is 20.4. The van der Waals surface area contributed by atoms with E-state index in [4.69, 9.17) is 9.72 Å². The van der Waals surface area contributed by atoms with E-state index in [-0.39, 0.29) is 16.9 Å². The molecule has 0 spiro atoms. The topological polar surface area (TPSA) is 50.1 Å². The van der Waals surface area contributed by atoms with E-state index >= 15 is 0 Å². The maximum absolute atomic E-state index is 12.9. The third-order valence-electron chi connectivity index (χ3n) is 5.80. The number of likely N-dealkylation sites (N-methyl/N-ethyl adjacent to an activating group) is 1. The Morgan fingerprint density at radius 3 is 2.77 bits per heavy atom. The van der Waals surface area contributed by atoms with Gasteiger partial charge in [-0.25, -0.2) is 4.98 Å². The van der Waals surface area contributed by atoms with E-state index in [1.807, 2.05) is 13.2 Å².